The third-order valence-corrected chi connectivity index (χ3v) is 2.07. The van der Waals surface area contributed by atoms with Gasteiger partial charge in [-0.25, -0.2) is 10.0 Å². The minimum Gasteiger partial charge on any atom is -0.270 e. The number of hydrogen-bond donors (Lipinski definition) is 1. The molecular weight excluding hydrogens is 178 g/mol. The van der Waals surface area contributed by atoms with Crippen LogP contribution in [0.4, 0.5) is 5.82 Å². The van der Waals surface area contributed by atoms with Crippen LogP contribution in [0.2, 0.25) is 0 Å². The Bertz CT molecular complexity index is 301. The molecule has 1 fully saturated rings. The molecule has 1 aliphatic rings. The molecule has 0 bridgehead atoms. The van der Waals surface area contributed by atoms with Crippen LogP contribution in [0, 0.1) is 0 Å². The Balaban J connectivity index is 2.13. The number of nitrogens with zero attached hydrogens (tertiary/aromatic N) is 2. The van der Waals surface area contributed by atoms with Gasteiger partial charge in [0.25, 0.3) is 0 Å². The standard InChI is InChI=1S/C10H13N3O/c1-2-5-9-12-8-14-13(9)10-6-3-4-7-11-10/h2-4,6-7,9,12H,1,5,8H2. The Morgan fingerprint density at radius 1 is 1.71 bits per heavy atom. The first-order valence-electron chi connectivity index (χ1n) is 4.59. The van der Waals surface area contributed by atoms with E-state index < -0.39 is 0 Å². The maximum absolute atomic E-state index is 5.42. The molecule has 0 radical (unpaired) electrons. The van der Waals surface area contributed by atoms with Crippen LogP contribution < -0.4 is 10.4 Å². The minimum absolute atomic E-state index is 0.141. The van der Waals surface area contributed by atoms with E-state index in [0.29, 0.717) is 6.73 Å². The van der Waals surface area contributed by atoms with Crippen molar-refractivity contribution in [1.29, 1.82) is 0 Å². The molecule has 1 aromatic heterocycles. The van der Waals surface area contributed by atoms with Gasteiger partial charge in [-0.15, -0.1) is 6.58 Å². The van der Waals surface area contributed by atoms with E-state index in [1.165, 1.54) is 0 Å². The van der Waals surface area contributed by atoms with E-state index in [9.17, 15) is 0 Å². The minimum atomic E-state index is 0.141. The summed E-state index contributed by atoms with van der Waals surface area (Å²) in [7, 11) is 0. The fourth-order valence-corrected chi connectivity index (χ4v) is 1.42. The number of nitrogens with one attached hydrogen (secondary N) is 1. The summed E-state index contributed by atoms with van der Waals surface area (Å²) in [4.78, 5) is 9.64. The molecule has 1 N–H and O–H groups in total. The van der Waals surface area contributed by atoms with Crippen molar-refractivity contribution >= 4 is 5.82 Å². The van der Waals surface area contributed by atoms with Crippen LogP contribution in [0.3, 0.4) is 0 Å². The van der Waals surface area contributed by atoms with Crippen LogP contribution >= 0.6 is 0 Å². The van der Waals surface area contributed by atoms with E-state index in [2.05, 4.69) is 16.9 Å². The van der Waals surface area contributed by atoms with Crippen LogP contribution in [-0.4, -0.2) is 17.9 Å². The molecule has 4 heteroatoms. The van der Waals surface area contributed by atoms with Crippen molar-refractivity contribution < 1.29 is 4.84 Å². The van der Waals surface area contributed by atoms with Crippen molar-refractivity contribution in [3.8, 4) is 0 Å². The summed E-state index contributed by atoms with van der Waals surface area (Å²) in [6.45, 7) is 4.23. The van der Waals surface area contributed by atoms with Gasteiger partial charge >= 0.3 is 0 Å². The molecule has 4 nitrogen and oxygen atoms in total. The highest BCUT2D eigenvalue weighted by atomic mass is 16.7. The van der Waals surface area contributed by atoms with Crippen molar-refractivity contribution in [3.63, 3.8) is 0 Å². The second kappa shape index (κ2) is 4.21. The van der Waals surface area contributed by atoms with Gasteiger partial charge in [0.15, 0.2) is 5.82 Å². The molecule has 0 amide bonds. The number of rotatable bonds is 3. The lowest BCUT2D eigenvalue weighted by atomic mass is 10.3. The smallest absolute Gasteiger partial charge is 0.154 e. The number of pyridine rings is 1. The van der Waals surface area contributed by atoms with Gasteiger partial charge in [-0.05, 0) is 12.1 Å². The summed E-state index contributed by atoms with van der Waals surface area (Å²) in [5, 5.41) is 4.98. The van der Waals surface area contributed by atoms with Crippen LogP contribution in [-0.2, 0) is 4.84 Å². The van der Waals surface area contributed by atoms with Crippen molar-refractivity contribution in [2.24, 2.45) is 0 Å². The summed E-state index contributed by atoms with van der Waals surface area (Å²) < 4.78 is 0. The van der Waals surface area contributed by atoms with Gasteiger partial charge in [-0.2, -0.15) is 0 Å². The maximum atomic E-state index is 5.42. The van der Waals surface area contributed by atoms with Gasteiger partial charge in [-0.1, -0.05) is 12.1 Å². The molecule has 1 aliphatic heterocycles. The van der Waals surface area contributed by atoms with Crippen molar-refractivity contribution in [3.05, 3.63) is 37.1 Å². The van der Waals surface area contributed by atoms with E-state index >= 15 is 0 Å². The maximum Gasteiger partial charge on any atom is 0.154 e. The third-order valence-electron chi connectivity index (χ3n) is 2.07. The van der Waals surface area contributed by atoms with Crippen LogP contribution in [0.5, 0.6) is 0 Å². The summed E-state index contributed by atoms with van der Waals surface area (Å²) in [6.07, 6.45) is 4.59. The first kappa shape index (κ1) is 9.18. The molecule has 0 spiro atoms. The van der Waals surface area contributed by atoms with Crippen LogP contribution in [0.1, 0.15) is 6.42 Å². The summed E-state index contributed by atoms with van der Waals surface area (Å²) in [5.74, 6) is 0.823. The predicted molar refractivity (Wildman–Crippen MR) is 54.4 cm³/mol. The van der Waals surface area contributed by atoms with Gasteiger partial charge in [0.2, 0.25) is 0 Å². The molecule has 1 atom stereocenters. The highest BCUT2D eigenvalue weighted by Crippen LogP contribution is 2.17. The van der Waals surface area contributed by atoms with Crippen molar-refractivity contribution in [2.45, 2.75) is 12.6 Å². The quantitative estimate of drug-likeness (QED) is 0.730. The molecular formula is C10H13N3O. The van der Waals surface area contributed by atoms with Crippen molar-refractivity contribution in [1.82, 2.24) is 10.3 Å². The van der Waals surface area contributed by atoms with E-state index in [1.807, 2.05) is 24.3 Å². The van der Waals surface area contributed by atoms with Gasteiger partial charge in [0.05, 0.1) is 0 Å². The second-order valence-electron chi connectivity index (χ2n) is 3.03. The Kier molecular flexibility index (Phi) is 2.76. The molecule has 1 unspecified atom stereocenters. The number of hydrogen-bond acceptors (Lipinski definition) is 4. The van der Waals surface area contributed by atoms with Crippen LogP contribution in [0.15, 0.2) is 37.1 Å². The number of hydroxylamine groups is 1. The predicted octanol–water partition coefficient (Wildman–Crippen LogP) is 1.28. The van der Waals surface area contributed by atoms with E-state index in [1.54, 1.807) is 11.3 Å². The van der Waals surface area contributed by atoms with E-state index in [-0.39, 0.29) is 6.17 Å². The third kappa shape index (κ3) is 1.76. The zero-order valence-corrected chi connectivity index (χ0v) is 7.89. The van der Waals surface area contributed by atoms with E-state index in [4.69, 9.17) is 4.84 Å². The Morgan fingerprint density at radius 3 is 3.36 bits per heavy atom. The Labute approximate surface area is 83.2 Å². The second-order valence-corrected chi connectivity index (χ2v) is 3.03. The first-order valence-corrected chi connectivity index (χ1v) is 4.59. The fourth-order valence-electron chi connectivity index (χ4n) is 1.42. The summed E-state index contributed by atoms with van der Waals surface area (Å²) in [5.41, 5.74) is 0. The fraction of sp³-hybridized carbons (Fsp3) is 0.300. The highest BCUT2D eigenvalue weighted by molar-refractivity contribution is 5.36. The molecule has 2 rings (SSSR count). The lowest BCUT2D eigenvalue weighted by Gasteiger charge is -2.21. The summed E-state index contributed by atoms with van der Waals surface area (Å²) in [6, 6.07) is 5.74. The zero-order chi connectivity index (χ0) is 9.80. The molecule has 0 aliphatic carbocycles. The first-order chi connectivity index (χ1) is 6.92. The normalized spacial score (nSPS) is 21.1. The molecule has 2 heterocycles. The van der Waals surface area contributed by atoms with Gasteiger partial charge < -0.3 is 0 Å². The molecule has 0 aromatic carbocycles. The monoisotopic (exact) mass is 191 g/mol. The van der Waals surface area contributed by atoms with Crippen LogP contribution in [0.25, 0.3) is 0 Å². The molecule has 1 aromatic rings. The highest BCUT2D eigenvalue weighted by Gasteiger charge is 2.24. The van der Waals surface area contributed by atoms with Gasteiger partial charge in [-0.3, -0.25) is 10.2 Å². The van der Waals surface area contributed by atoms with Gasteiger partial charge in [0.1, 0.15) is 12.9 Å². The summed E-state index contributed by atoms with van der Waals surface area (Å²) >= 11 is 0. The SMILES string of the molecule is C=CCC1NCON1c1ccccn1. The Morgan fingerprint density at radius 2 is 2.64 bits per heavy atom. The largest absolute Gasteiger partial charge is 0.270 e. The Hall–Kier alpha value is -1.39. The topological polar surface area (TPSA) is 37.4 Å². The molecule has 0 saturated carbocycles. The average molecular weight is 191 g/mol. The average Bonchev–Trinajstić information content (AvgIpc) is 2.68. The molecule has 1 saturated heterocycles. The number of aromatic nitrogens is 1. The molecule has 14 heavy (non-hydrogen) atoms. The van der Waals surface area contributed by atoms with Crippen molar-refractivity contribution in [2.75, 3.05) is 11.8 Å². The number of anilines is 1. The lowest BCUT2D eigenvalue weighted by Crippen LogP contribution is -2.35. The van der Waals surface area contributed by atoms with E-state index in [0.717, 1.165) is 12.2 Å². The van der Waals surface area contributed by atoms with Gasteiger partial charge in [0, 0.05) is 12.6 Å². The lowest BCUT2D eigenvalue weighted by molar-refractivity contribution is 0.154. The molecule has 74 valence electrons. The zero-order valence-electron chi connectivity index (χ0n) is 7.89.